The average Bonchev–Trinajstić information content (AvgIpc) is 2.73. The second kappa shape index (κ2) is 6.76. The van der Waals surface area contributed by atoms with Gasteiger partial charge in [-0.3, -0.25) is 9.78 Å². The first-order valence-corrected chi connectivity index (χ1v) is 8.37. The molecule has 1 aromatic carbocycles. The Hall–Kier alpha value is -3.53. The zero-order valence-corrected chi connectivity index (χ0v) is 14.0. The maximum atomic E-state index is 12.7. The average molecular weight is 344 g/mol. The molecule has 1 aliphatic heterocycles. The first kappa shape index (κ1) is 16.0. The number of aromatic nitrogens is 3. The highest BCUT2D eigenvalue weighted by atomic mass is 16.2. The van der Waals surface area contributed by atoms with Crippen molar-refractivity contribution in [2.45, 2.75) is 0 Å². The molecule has 1 aliphatic rings. The monoisotopic (exact) mass is 344 g/mol. The van der Waals surface area contributed by atoms with Crippen LogP contribution in [0, 0.1) is 11.3 Å². The Morgan fingerprint density at radius 3 is 2.54 bits per heavy atom. The molecule has 26 heavy (non-hydrogen) atoms. The van der Waals surface area contributed by atoms with Crippen LogP contribution >= 0.6 is 0 Å². The van der Waals surface area contributed by atoms with Crippen molar-refractivity contribution in [2.24, 2.45) is 0 Å². The van der Waals surface area contributed by atoms with Crippen LogP contribution in [-0.2, 0) is 0 Å². The van der Waals surface area contributed by atoms with Crippen molar-refractivity contribution in [2.75, 3.05) is 31.1 Å². The summed E-state index contributed by atoms with van der Waals surface area (Å²) >= 11 is 0. The maximum absolute atomic E-state index is 12.7. The summed E-state index contributed by atoms with van der Waals surface area (Å²) in [6.07, 6.45) is 3.21. The first-order chi connectivity index (χ1) is 12.8. The number of carbonyl (C=O) groups is 1. The van der Waals surface area contributed by atoms with Crippen LogP contribution in [0.25, 0.3) is 11.0 Å². The van der Waals surface area contributed by atoms with E-state index >= 15 is 0 Å². The summed E-state index contributed by atoms with van der Waals surface area (Å²) in [7, 11) is 0. The number of carbonyl (C=O) groups excluding carboxylic acids is 1. The number of amides is 1. The number of nitrogens with zero attached hydrogens (tertiary/aromatic N) is 6. The molecule has 0 N–H and O–H groups in total. The number of anilines is 1. The molecule has 0 saturated carbocycles. The van der Waals surface area contributed by atoms with E-state index in [1.807, 2.05) is 29.2 Å². The zero-order valence-electron chi connectivity index (χ0n) is 14.0. The van der Waals surface area contributed by atoms with Gasteiger partial charge in [-0.15, -0.1) is 0 Å². The Labute approximate surface area is 150 Å². The number of fused-ring (bicyclic) bond motifs is 1. The summed E-state index contributed by atoms with van der Waals surface area (Å²) in [6, 6.07) is 13.2. The van der Waals surface area contributed by atoms with Crippen LogP contribution in [0.3, 0.4) is 0 Å². The van der Waals surface area contributed by atoms with Crippen molar-refractivity contribution >= 4 is 22.8 Å². The predicted molar refractivity (Wildman–Crippen MR) is 96.6 cm³/mol. The van der Waals surface area contributed by atoms with E-state index < -0.39 is 0 Å². The van der Waals surface area contributed by atoms with Gasteiger partial charge in [-0.1, -0.05) is 12.1 Å². The number of rotatable bonds is 2. The number of hydrogen-bond donors (Lipinski definition) is 0. The highest BCUT2D eigenvalue weighted by molar-refractivity contribution is 5.94. The molecule has 3 heterocycles. The fourth-order valence-corrected chi connectivity index (χ4v) is 3.08. The van der Waals surface area contributed by atoms with Crippen molar-refractivity contribution in [3.05, 3.63) is 60.0 Å². The van der Waals surface area contributed by atoms with Gasteiger partial charge < -0.3 is 9.80 Å². The second-order valence-electron chi connectivity index (χ2n) is 6.01. The van der Waals surface area contributed by atoms with Gasteiger partial charge >= 0.3 is 0 Å². The van der Waals surface area contributed by atoms with Gasteiger partial charge in [-0.05, 0) is 24.3 Å². The van der Waals surface area contributed by atoms with E-state index in [-0.39, 0.29) is 5.91 Å². The van der Waals surface area contributed by atoms with Gasteiger partial charge in [0.2, 0.25) is 0 Å². The van der Waals surface area contributed by atoms with Crippen LogP contribution in [0.2, 0.25) is 0 Å². The SMILES string of the molecule is N#Cc1cccnc1N1CCN(C(=O)c2cnc3ccccc3n2)CC1. The number of hydrogen-bond acceptors (Lipinski definition) is 6. The lowest BCUT2D eigenvalue weighted by molar-refractivity contribution is 0.0740. The third kappa shape index (κ3) is 2.93. The van der Waals surface area contributed by atoms with E-state index in [0.29, 0.717) is 48.8 Å². The van der Waals surface area contributed by atoms with Gasteiger partial charge in [-0.25, -0.2) is 9.97 Å². The van der Waals surface area contributed by atoms with Gasteiger partial charge in [0.25, 0.3) is 5.91 Å². The molecular weight excluding hydrogens is 328 g/mol. The summed E-state index contributed by atoms with van der Waals surface area (Å²) in [5.74, 6) is 0.553. The van der Waals surface area contributed by atoms with Crippen molar-refractivity contribution < 1.29 is 4.79 Å². The molecule has 0 aliphatic carbocycles. The standard InChI is InChI=1S/C19H16N6O/c20-12-14-4-3-7-21-18(14)24-8-10-25(11-9-24)19(26)17-13-22-15-5-1-2-6-16(15)23-17/h1-7,13H,8-11H2. The number of benzene rings is 1. The van der Waals surface area contributed by atoms with Crippen LogP contribution in [0.5, 0.6) is 0 Å². The van der Waals surface area contributed by atoms with Crippen molar-refractivity contribution in [3.8, 4) is 6.07 Å². The van der Waals surface area contributed by atoms with Gasteiger partial charge in [-0.2, -0.15) is 5.26 Å². The third-order valence-electron chi connectivity index (χ3n) is 4.44. The summed E-state index contributed by atoms with van der Waals surface area (Å²) in [5.41, 5.74) is 2.39. The zero-order chi connectivity index (χ0) is 17.9. The molecule has 2 aromatic heterocycles. The second-order valence-corrected chi connectivity index (χ2v) is 6.01. The van der Waals surface area contributed by atoms with Crippen LogP contribution in [0.1, 0.15) is 16.1 Å². The Morgan fingerprint density at radius 1 is 1.00 bits per heavy atom. The van der Waals surface area contributed by atoms with Gasteiger partial charge in [0, 0.05) is 32.4 Å². The molecule has 0 spiro atoms. The molecular formula is C19H16N6O. The number of nitriles is 1. The van der Waals surface area contributed by atoms with E-state index in [0.717, 1.165) is 5.52 Å². The van der Waals surface area contributed by atoms with Crippen molar-refractivity contribution in [3.63, 3.8) is 0 Å². The number of pyridine rings is 1. The first-order valence-electron chi connectivity index (χ1n) is 8.37. The topological polar surface area (TPSA) is 86.0 Å². The highest BCUT2D eigenvalue weighted by Crippen LogP contribution is 2.19. The lowest BCUT2D eigenvalue weighted by atomic mass is 10.2. The smallest absolute Gasteiger partial charge is 0.274 e. The molecule has 1 fully saturated rings. The minimum atomic E-state index is -0.121. The van der Waals surface area contributed by atoms with Gasteiger partial charge in [0.05, 0.1) is 22.8 Å². The summed E-state index contributed by atoms with van der Waals surface area (Å²) in [6.45, 7) is 2.35. The highest BCUT2D eigenvalue weighted by Gasteiger charge is 2.25. The molecule has 0 atom stereocenters. The van der Waals surface area contributed by atoms with Crippen molar-refractivity contribution in [1.82, 2.24) is 19.9 Å². The van der Waals surface area contributed by atoms with E-state index in [2.05, 4.69) is 21.0 Å². The van der Waals surface area contributed by atoms with Crippen LogP contribution in [-0.4, -0.2) is 51.9 Å². The molecule has 0 unspecified atom stereocenters. The molecule has 0 radical (unpaired) electrons. The molecule has 4 rings (SSSR count). The fourth-order valence-electron chi connectivity index (χ4n) is 3.08. The Bertz CT molecular complexity index is 1000. The minimum Gasteiger partial charge on any atom is -0.352 e. The largest absolute Gasteiger partial charge is 0.352 e. The third-order valence-corrected chi connectivity index (χ3v) is 4.44. The lowest BCUT2D eigenvalue weighted by Crippen LogP contribution is -2.49. The van der Waals surface area contributed by atoms with Gasteiger partial charge in [0.15, 0.2) is 0 Å². The number of piperazine rings is 1. The van der Waals surface area contributed by atoms with Crippen LogP contribution in [0.15, 0.2) is 48.8 Å². The van der Waals surface area contributed by atoms with Gasteiger partial charge in [0.1, 0.15) is 17.6 Å². The van der Waals surface area contributed by atoms with Crippen molar-refractivity contribution in [1.29, 1.82) is 5.26 Å². The van der Waals surface area contributed by atoms with E-state index in [1.54, 1.807) is 23.2 Å². The maximum Gasteiger partial charge on any atom is 0.274 e. The lowest BCUT2D eigenvalue weighted by Gasteiger charge is -2.35. The Balaban J connectivity index is 1.48. The Morgan fingerprint density at radius 2 is 1.77 bits per heavy atom. The quantitative estimate of drug-likeness (QED) is 0.705. The molecule has 7 nitrogen and oxygen atoms in total. The summed E-state index contributed by atoms with van der Waals surface area (Å²) in [5, 5.41) is 9.23. The normalized spacial score (nSPS) is 14.3. The summed E-state index contributed by atoms with van der Waals surface area (Å²) in [4.78, 5) is 29.6. The fraction of sp³-hybridized carbons (Fsp3) is 0.211. The molecule has 7 heteroatoms. The van der Waals surface area contributed by atoms with Crippen LogP contribution in [0.4, 0.5) is 5.82 Å². The summed E-state index contributed by atoms with van der Waals surface area (Å²) < 4.78 is 0. The molecule has 1 amide bonds. The van der Waals surface area contributed by atoms with E-state index in [4.69, 9.17) is 0 Å². The predicted octanol–water partition coefficient (Wildman–Crippen LogP) is 1.86. The molecule has 1 saturated heterocycles. The molecule has 3 aromatic rings. The molecule has 128 valence electrons. The van der Waals surface area contributed by atoms with Crippen LogP contribution < -0.4 is 4.90 Å². The van der Waals surface area contributed by atoms with E-state index in [1.165, 1.54) is 6.20 Å². The molecule has 0 bridgehead atoms. The van der Waals surface area contributed by atoms with E-state index in [9.17, 15) is 10.1 Å². The Kier molecular flexibility index (Phi) is 4.15. The minimum absolute atomic E-state index is 0.121. The number of para-hydroxylation sites is 2.